The lowest BCUT2D eigenvalue weighted by Crippen LogP contribution is -2.15. The van der Waals surface area contributed by atoms with Crippen LogP contribution in [0.3, 0.4) is 0 Å². The monoisotopic (exact) mass is 393 g/mol. The molecule has 0 saturated heterocycles. The molecule has 0 atom stereocenters. The van der Waals surface area contributed by atoms with Gasteiger partial charge >= 0.3 is 0 Å². The van der Waals surface area contributed by atoms with Crippen molar-refractivity contribution in [3.05, 3.63) is 64.0 Å². The van der Waals surface area contributed by atoms with Crippen LogP contribution in [-0.4, -0.2) is 26.3 Å². The molecule has 0 fully saturated rings. The maximum absolute atomic E-state index is 12.8. The molecule has 0 aliphatic carbocycles. The van der Waals surface area contributed by atoms with Gasteiger partial charge in [0.2, 0.25) is 0 Å². The van der Waals surface area contributed by atoms with Crippen LogP contribution in [0.4, 0.5) is 5.69 Å². The fraction of sp³-hybridized carbons (Fsp3) is 0.0476. The van der Waals surface area contributed by atoms with Crippen LogP contribution in [0.25, 0.3) is 21.7 Å². The molecule has 0 aliphatic rings. The Hall–Kier alpha value is -4.20. The Morgan fingerprint density at radius 3 is 2.31 bits per heavy atom. The molecular weight excluding hydrogens is 378 g/mol. The second-order valence-corrected chi connectivity index (χ2v) is 6.53. The van der Waals surface area contributed by atoms with Crippen LogP contribution in [-0.2, 0) is 0 Å². The number of aromatic hydroxyl groups is 4. The first-order valence-electron chi connectivity index (χ1n) is 8.51. The van der Waals surface area contributed by atoms with Crippen molar-refractivity contribution >= 4 is 33.3 Å². The second kappa shape index (κ2) is 6.45. The predicted molar refractivity (Wildman–Crippen MR) is 106 cm³/mol. The Morgan fingerprint density at radius 1 is 0.931 bits per heavy atom. The van der Waals surface area contributed by atoms with Gasteiger partial charge in [0.1, 0.15) is 39.7 Å². The molecule has 1 amide bonds. The summed E-state index contributed by atoms with van der Waals surface area (Å²) in [5.74, 6) is -1.80. The van der Waals surface area contributed by atoms with Gasteiger partial charge in [-0.1, -0.05) is 0 Å². The number of benzene rings is 3. The third kappa shape index (κ3) is 2.96. The number of amides is 1. The largest absolute Gasteiger partial charge is 0.508 e. The summed E-state index contributed by atoms with van der Waals surface area (Å²) in [6.45, 7) is 1.58. The molecule has 0 saturated carbocycles. The zero-order valence-electron chi connectivity index (χ0n) is 15.1. The number of carbonyl (C=O) groups excluding carboxylic acids is 1. The van der Waals surface area contributed by atoms with Gasteiger partial charge in [0.05, 0.1) is 10.9 Å². The molecule has 146 valence electrons. The Morgan fingerprint density at radius 2 is 1.62 bits per heavy atom. The highest BCUT2D eigenvalue weighted by Gasteiger charge is 2.23. The van der Waals surface area contributed by atoms with Crippen molar-refractivity contribution in [1.82, 2.24) is 0 Å². The van der Waals surface area contributed by atoms with Crippen LogP contribution in [0.1, 0.15) is 16.1 Å². The van der Waals surface area contributed by atoms with Crippen LogP contribution in [0, 0.1) is 6.92 Å². The minimum Gasteiger partial charge on any atom is -0.508 e. The van der Waals surface area contributed by atoms with Crippen molar-refractivity contribution in [2.24, 2.45) is 0 Å². The highest BCUT2D eigenvalue weighted by molar-refractivity contribution is 6.18. The summed E-state index contributed by atoms with van der Waals surface area (Å²) in [6.07, 6.45) is 0. The summed E-state index contributed by atoms with van der Waals surface area (Å²) < 4.78 is 5.51. The van der Waals surface area contributed by atoms with Crippen LogP contribution in [0.15, 0.2) is 51.7 Å². The van der Waals surface area contributed by atoms with E-state index in [1.54, 1.807) is 6.92 Å². The minimum absolute atomic E-state index is 0.0141. The van der Waals surface area contributed by atoms with Gasteiger partial charge in [-0.15, -0.1) is 0 Å². The van der Waals surface area contributed by atoms with Gasteiger partial charge in [0, 0.05) is 23.2 Å². The molecule has 0 bridgehead atoms. The van der Waals surface area contributed by atoms with Crippen molar-refractivity contribution in [1.29, 1.82) is 0 Å². The van der Waals surface area contributed by atoms with E-state index in [1.807, 2.05) is 0 Å². The van der Waals surface area contributed by atoms with Crippen LogP contribution >= 0.6 is 0 Å². The molecule has 0 spiro atoms. The van der Waals surface area contributed by atoms with Crippen molar-refractivity contribution < 1.29 is 29.6 Å². The summed E-state index contributed by atoms with van der Waals surface area (Å²) in [7, 11) is 0. The van der Waals surface area contributed by atoms with E-state index in [-0.39, 0.29) is 38.8 Å². The number of nitrogens with one attached hydrogen (secondary N) is 1. The van der Waals surface area contributed by atoms with E-state index in [2.05, 4.69) is 5.32 Å². The van der Waals surface area contributed by atoms with Gasteiger partial charge in [-0.3, -0.25) is 9.59 Å². The van der Waals surface area contributed by atoms with Crippen LogP contribution in [0.5, 0.6) is 23.0 Å². The smallest absolute Gasteiger partial charge is 0.260 e. The molecule has 1 aromatic heterocycles. The topological polar surface area (TPSA) is 140 Å². The molecule has 1 heterocycles. The van der Waals surface area contributed by atoms with E-state index in [0.717, 1.165) is 6.07 Å². The van der Waals surface area contributed by atoms with E-state index < -0.39 is 22.8 Å². The first-order valence-corrected chi connectivity index (χ1v) is 8.51. The van der Waals surface area contributed by atoms with E-state index in [4.69, 9.17) is 4.42 Å². The average Bonchev–Trinajstić information content (AvgIpc) is 2.62. The Balaban J connectivity index is 1.99. The maximum atomic E-state index is 12.8. The van der Waals surface area contributed by atoms with E-state index >= 15 is 0 Å². The second-order valence-electron chi connectivity index (χ2n) is 6.53. The number of hydrogen-bond donors (Lipinski definition) is 5. The van der Waals surface area contributed by atoms with Gasteiger partial charge < -0.3 is 30.2 Å². The number of phenolic OH excluding ortho intramolecular Hbond substituents is 3. The fourth-order valence-corrected chi connectivity index (χ4v) is 3.27. The van der Waals surface area contributed by atoms with Crippen molar-refractivity contribution in [2.75, 3.05) is 5.32 Å². The highest BCUT2D eigenvalue weighted by Crippen LogP contribution is 2.40. The lowest BCUT2D eigenvalue weighted by Gasteiger charge is -2.13. The molecule has 0 unspecified atom stereocenters. The molecular formula is C21H15NO7. The molecule has 8 heteroatoms. The van der Waals surface area contributed by atoms with Gasteiger partial charge in [-0.2, -0.15) is 0 Å². The molecule has 3 aromatic carbocycles. The summed E-state index contributed by atoms with van der Waals surface area (Å²) in [4.78, 5) is 25.3. The van der Waals surface area contributed by atoms with Crippen LogP contribution in [0.2, 0.25) is 0 Å². The zero-order valence-corrected chi connectivity index (χ0v) is 15.1. The first kappa shape index (κ1) is 18.2. The number of rotatable bonds is 2. The highest BCUT2D eigenvalue weighted by atomic mass is 16.3. The van der Waals surface area contributed by atoms with Crippen molar-refractivity contribution in [2.45, 2.75) is 6.92 Å². The van der Waals surface area contributed by atoms with Crippen LogP contribution < -0.4 is 10.7 Å². The molecule has 29 heavy (non-hydrogen) atoms. The number of hydrogen-bond acceptors (Lipinski definition) is 7. The third-order valence-electron chi connectivity index (χ3n) is 4.52. The van der Waals surface area contributed by atoms with E-state index in [1.165, 1.54) is 36.4 Å². The van der Waals surface area contributed by atoms with E-state index in [9.17, 15) is 30.0 Å². The summed E-state index contributed by atoms with van der Waals surface area (Å²) in [5.41, 5.74) is -0.593. The number of fused-ring (bicyclic) bond motifs is 2. The fourth-order valence-electron chi connectivity index (χ4n) is 3.27. The molecule has 5 N–H and O–H groups in total. The lowest BCUT2D eigenvalue weighted by atomic mass is 9.98. The van der Waals surface area contributed by atoms with Gasteiger partial charge in [0.25, 0.3) is 5.91 Å². The quantitative estimate of drug-likeness (QED) is 0.260. The maximum Gasteiger partial charge on any atom is 0.260 e. The minimum atomic E-state index is -0.742. The Bertz CT molecular complexity index is 1350. The van der Waals surface area contributed by atoms with Gasteiger partial charge in [0.15, 0.2) is 5.43 Å². The van der Waals surface area contributed by atoms with Crippen molar-refractivity contribution in [3.63, 3.8) is 0 Å². The van der Waals surface area contributed by atoms with E-state index in [0.29, 0.717) is 11.4 Å². The standard InChI is InChI=1S/C21H15NO7/c1-9-6-13(24)19-16(29-9)7-12-17(20(19)27)14(25)8-15(26)18(12)21(28)22-10-2-4-11(23)5-3-10/h2-8,23-24,26-27H,1H3,(H,22,28). The Labute approximate surface area is 162 Å². The summed E-state index contributed by atoms with van der Waals surface area (Å²) >= 11 is 0. The first-order chi connectivity index (χ1) is 13.8. The van der Waals surface area contributed by atoms with Gasteiger partial charge in [-0.25, -0.2) is 0 Å². The number of aryl methyl sites for hydroxylation is 1. The lowest BCUT2D eigenvalue weighted by molar-refractivity contribution is 0.102. The molecule has 8 nitrogen and oxygen atoms in total. The molecule has 0 aliphatic heterocycles. The zero-order chi connectivity index (χ0) is 20.9. The number of phenols is 3. The third-order valence-corrected chi connectivity index (χ3v) is 4.52. The summed E-state index contributed by atoms with van der Waals surface area (Å²) in [6, 6.07) is 9.08. The predicted octanol–water partition coefficient (Wildman–Crippen LogP) is 3.33. The van der Waals surface area contributed by atoms with Gasteiger partial charge in [-0.05, 0) is 37.3 Å². The molecule has 0 radical (unpaired) electrons. The molecule has 4 rings (SSSR count). The van der Waals surface area contributed by atoms with Crippen molar-refractivity contribution in [3.8, 4) is 23.0 Å². The normalized spacial score (nSPS) is 11.1. The number of carbonyl (C=O) groups is 1. The SMILES string of the molecule is Cc1cc(O)c2c(O)c3c(=O)cc(O)c(C(=O)Nc4ccc(O)cc4)c3cc2o1. The Kier molecular flexibility index (Phi) is 4.04. The number of anilines is 1. The summed E-state index contributed by atoms with van der Waals surface area (Å²) in [5, 5.41) is 42.6. The molecule has 4 aromatic rings. The average molecular weight is 393 g/mol.